The van der Waals surface area contributed by atoms with E-state index >= 15 is 0 Å². The van der Waals surface area contributed by atoms with Gasteiger partial charge in [-0.2, -0.15) is 0 Å². The van der Waals surface area contributed by atoms with E-state index in [0.717, 1.165) is 22.3 Å². The third-order valence-corrected chi connectivity index (χ3v) is 4.53. The van der Waals surface area contributed by atoms with Gasteiger partial charge in [0.05, 0.1) is 6.61 Å². The SMILES string of the molecule is ClCc1ccc(C(OCc2ccccc2)c2ccccc2)cc1Cl. The van der Waals surface area contributed by atoms with E-state index in [1.165, 1.54) is 0 Å². The topological polar surface area (TPSA) is 9.23 Å². The van der Waals surface area contributed by atoms with Gasteiger partial charge in [0, 0.05) is 10.9 Å². The smallest absolute Gasteiger partial charge is 0.108 e. The van der Waals surface area contributed by atoms with Crippen molar-refractivity contribution in [2.45, 2.75) is 18.6 Å². The standard InChI is InChI=1S/C21H18Cl2O/c22-14-19-12-11-18(13-20(19)23)21(17-9-5-2-6-10-17)24-15-16-7-3-1-4-8-16/h1-13,21H,14-15H2. The first-order valence-corrected chi connectivity index (χ1v) is 8.74. The van der Waals surface area contributed by atoms with Gasteiger partial charge in [-0.3, -0.25) is 0 Å². The molecule has 1 nitrogen and oxygen atoms in total. The van der Waals surface area contributed by atoms with Crippen LogP contribution in [0.4, 0.5) is 0 Å². The lowest BCUT2D eigenvalue weighted by Gasteiger charge is -2.20. The van der Waals surface area contributed by atoms with Crippen LogP contribution in [-0.2, 0) is 17.2 Å². The van der Waals surface area contributed by atoms with E-state index in [1.807, 2.05) is 54.6 Å². The number of benzene rings is 3. The quantitative estimate of drug-likeness (QED) is 0.465. The van der Waals surface area contributed by atoms with Crippen molar-refractivity contribution in [1.29, 1.82) is 0 Å². The van der Waals surface area contributed by atoms with E-state index in [0.29, 0.717) is 17.5 Å². The zero-order valence-corrected chi connectivity index (χ0v) is 14.7. The predicted molar refractivity (Wildman–Crippen MR) is 101 cm³/mol. The molecule has 0 aromatic heterocycles. The Kier molecular flexibility index (Phi) is 5.92. The largest absolute Gasteiger partial charge is 0.364 e. The molecule has 0 saturated heterocycles. The second-order valence-electron chi connectivity index (χ2n) is 5.57. The molecule has 0 fully saturated rings. The lowest BCUT2D eigenvalue weighted by atomic mass is 10.00. The molecule has 0 bridgehead atoms. The number of hydrogen-bond donors (Lipinski definition) is 0. The van der Waals surface area contributed by atoms with Gasteiger partial charge in [-0.1, -0.05) is 84.4 Å². The molecule has 1 atom stereocenters. The molecule has 3 aromatic rings. The van der Waals surface area contributed by atoms with Crippen molar-refractivity contribution in [1.82, 2.24) is 0 Å². The summed E-state index contributed by atoms with van der Waals surface area (Å²) in [6.07, 6.45) is -0.173. The lowest BCUT2D eigenvalue weighted by Crippen LogP contribution is -2.07. The number of alkyl halides is 1. The molecule has 24 heavy (non-hydrogen) atoms. The van der Waals surface area contributed by atoms with Crippen molar-refractivity contribution in [2.24, 2.45) is 0 Å². The lowest BCUT2D eigenvalue weighted by molar-refractivity contribution is 0.0667. The van der Waals surface area contributed by atoms with Crippen LogP contribution in [0.15, 0.2) is 78.9 Å². The molecule has 0 radical (unpaired) electrons. The number of rotatable bonds is 6. The molecule has 0 amide bonds. The maximum atomic E-state index is 6.34. The van der Waals surface area contributed by atoms with E-state index in [9.17, 15) is 0 Å². The molecule has 0 N–H and O–H groups in total. The highest BCUT2D eigenvalue weighted by Crippen LogP contribution is 2.30. The van der Waals surface area contributed by atoms with E-state index in [1.54, 1.807) is 0 Å². The van der Waals surface area contributed by atoms with Gasteiger partial charge in [-0.15, -0.1) is 11.6 Å². The van der Waals surface area contributed by atoms with Gasteiger partial charge in [0.25, 0.3) is 0 Å². The minimum Gasteiger partial charge on any atom is -0.364 e. The van der Waals surface area contributed by atoms with Gasteiger partial charge in [0.2, 0.25) is 0 Å². The first-order chi connectivity index (χ1) is 11.8. The Hall–Kier alpha value is -1.80. The average molecular weight is 357 g/mol. The highest BCUT2D eigenvalue weighted by molar-refractivity contribution is 6.32. The fraction of sp³-hybridized carbons (Fsp3) is 0.143. The van der Waals surface area contributed by atoms with E-state index in [4.69, 9.17) is 27.9 Å². The average Bonchev–Trinajstić information content (AvgIpc) is 2.64. The van der Waals surface area contributed by atoms with E-state index in [-0.39, 0.29) is 6.10 Å². The third-order valence-electron chi connectivity index (χ3n) is 3.89. The van der Waals surface area contributed by atoms with Gasteiger partial charge in [-0.05, 0) is 28.3 Å². The summed E-state index contributed by atoms with van der Waals surface area (Å²) >= 11 is 12.2. The minimum absolute atomic E-state index is 0.173. The second-order valence-corrected chi connectivity index (χ2v) is 6.25. The highest BCUT2D eigenvalue weighted by Gasteiger charge is 2.16. The fourth-order valence-electron chi connectivity index (χ4n) is 2.60. The molecule has 3 rings (SSSR count). The van der Waals surface area contributed by atoms with Crippen molar-refractivity contribution in [3.05, 3.63) is 106 Å². The van der Waals surface area contributed by atoms with Crippen LogP contribution in [0.2, 0.25) is 5.02 Å². The van der Waals surface area contributed by atoms with Crippen LogP contribution in [0.5, 0.6) is 0 Å². The molecule has 0 aliphatic heterocycles. The maximum absolute atomic E-state index is 6.34. The van der Waals surface area contributed by atoms with Crippen LogP contribution in [-0.4, -0.2) is 0 Å². The molecule has 0 aliphatic carbocycles. The summed E-state index contributed by atoms with van der Waals surface area (Å²) in [4.78, 5) is 0. The van der Waals surface area contributed by atoms with Crippen molar-refractivity contribution in [3.63, 3.8) is 0 Å². The zero-order chi connectivity index (χ0) is 16.8. The van der Waals surface area contributed by atoms with Crippen LogP contribution in [0, 0.1) is 0 Å². The summed E-state index contributed by atoms with van der Waals surface area (Å²) < 4.78 is 6.24. The maximum Gasteiger partial charge on any atom is 0.108 e. The third kappa shape index (κ3) is 4.18. The number of halogens is 2. The van der Waals surface area contributed by atoms with Gasteiger partial charge >= 0.3 is 0 Å². The second kappa shape index (κ2) is 8.34. The number of hydrogen-bond acceptors (Lipinski definition) is 1. The predicted octanol–water partition coefficient (Wildman–Crippen LogP) is 6.39. The Morgan fingerprint density at radius 2 is 1.46 bits per heavy atom. The number of ether oxygens (including phenoxy) is 1. The Morgan fingerprint density at radius 1 is 0.792 bits per heavy atom. The zero-order valence-electron chi connectivity index (χ0n) is 13.2. The van der Waals surface area contributed by atoms with Crippen LogP contribution in [0.1, 0.15) is 28.4 Å². The van der Waals surface area contributed by atoms with E-state index < -0.39 is 0 Å². The molecule has 3 aromatic carbocycles. The van der Waals surface area contributed by atoms with Gasteiger partial charge in [-0.25, -0.2) is 0 Å². The van der Waals surface area contributed by atoms with E-state index in [2.05, 4.69) is 24.3 Å². The molecule has 1 unspecified atom stereocenters. The monoisotopic (exact) mass is 356 g/mol. The van der Waals surface area contributed by atoms with Crippen molar-refractivity contribution < 1.29 is 4.74 Å². The molecule has 0 spiro atoms. The van der Waals surface area contributed by atoms with Gasteiger partial charge < -0.3 is 4.74 Å². The Balaban J connectivity index is 1.89. The van der Waals surface area contributed by atoms with Crippen LogP contribution < -0.4 is 0 Å². The first-order valence-electron chi connectivity index (χ1n) is 7.82. The normalized spacial score (nSPS) is 12.1. The first kappa shape index (κ1) is 17.0. The summed E-state index contributed by atoms with van der Waals surface area (Å²) in [7, 11) is 0. The molecular weight excluding hydrogens is 339 g/mol. The molecule has 0 aliphatic rings. The summed E-state index contributed by atoms with van der Waals surface area (Å²) in [6.45, 7) is 0.537. The van der Waals surface area contributed by atoms with Crippen LogP contribution >= 0.6 is 23.2 Å². The molecule has 0 heterocycles. The van der Waals surface area contributed by atoms with Crippen molar-refractivity contribution in [2.75, 3.05) is 0 Å². The van der Waals surface area contributed by atoms with Crippen LogP contribution in [0.3, 0.4) is 0 Å². The summed E-state index contributed by atoms with van der Waals surface area (Å²) in [5, 5.41) is 0.673. The fourth-order valence-corrected chi connectivity index (χ4v) is 3.16. The summed E-state index contributed by atoms with van der Waals surface area (Å²) in [5.74, 6) is 0.403. The van der Waals surface area contributed by atoms with Gasteiger partial charge in [0.15, 0.2) is 0 Å². The molecular formula is C21H18Cl2O. The Morgan fingerprint density at radius 3 is 2.08 bits per heavy atom. The summed E-state index contributed by atoms with van der Waals surface area (Å²) in [6, 6.07) is 26.3. The minimum atomic E-state index is -0.173. The molecule has 122 valence electrons. The highest BCUT2D eigenvalue weighted by atomic mass is 35.5. The van der Waals surface area contributed by atoms with Crippen molar-refractivity contribution in [3.8, 4) is 0 Å². The van der Waals surface area contributed by atoms with Crippen LogP contribution in [0.25, 0.3) is 0 Å². The van der Waals surface area contributed by atoms with Crippen molar-refractivity contribution >= 4 is 23.2 Å². The Bertz CT molecular complexity index is 772. The Labute approximate surface area is 152 Å². The molecule has 3 heteroatoms. The molecule has 0 saturated carbocycles. The van der Waals surface area contributed by atoms with Gasteiger partial charge in [0.1, 0.15) is 6.10 Å². The summed E-state index contributed by atoms with van der Waals surface area (Å²) in [5.41, 5.74) is 4.19.